The second-order valence-electron chi connectivity index (χ2n) is 27.5. The smallest absolute Gasteiger partial charge is 0.253 e. The molecule has 6 aliphatic carbocycles. The molecule has 424 valence electrons. The van der Waals surface area contributed by atoms with E-state index in [4.69, 9.17) is 0 Å². The lowest BCUT2D eigenvalue weighted by molar-refractivity contribution is 0.835. The molecule has 0 amide bonds. The molecule has 0 fully saturated rings. The lowest BCUT2D eigenvalue weighted by atomic mass is 9.33. The van der Waals surface area contributed by atoms with E-state index in [0.717, 1.165) is 19.3 Å². The van der Waals surface area contributed by atoms with Gasteiger partial charge in [0.15, 0.2) is 0 Å². The summed E-state index contributed by atoms with van der Waals surface area (Å²) in [7, 11) is 0. The van der Waals surface area contributed by atoms with Crippen molar-refractivity contribution < 1.29 is 0 Å². The second-order valence-corrected chi connectivity index (χ2v) is 27.5. The predicted octanol–water partition coefficient (Wildman–Crippen LogP) is 20.9. The molecule has 93 heavy (non-hydrogen) atoms. The van der Waals surface area contributed by atoms with Gasteiger partial charge < -0.3 is 9.13 Å². The summed E-state index contributed by atoms with van der Waals surface area (Å²) in [6, 6.07) is 79.0. The molecule has 4 heterocycles. The molecule has 0 saturated heterocycles. The molecule has 0 radical (unpaired) electrons. The molecule has 3 heteroatoms. The SMILES string of the molecule is C1=CC2=C3C(=CC=C4C=CC(c5ccc6c(c5)c5cc7c8ccccc8c8ccccc8c7c7c5n6-c5cccc6c5B7c5cc(-c7ccc8ccc9cccc%10ccc7c8c9%10)cc7c8cc(-c9ccc%10c%11c%12c(ccc9%11)C=CCC%12=CC%10)ccc8n-6c57)=C(C=C2)C43)C1. The maximum absolute atomic E-state index is 2.69. The van der Waals surface area contributed by atoms with Gasteiger partial charge in [-0.25, -0.2) is 0 Å². The van der Waals surface area contributed by atoms with Crippen LogP contribution in [0.4, 0.5) is 0 Å². The van der Waals surface area contributed by atoms with Crippen LogP contribution in [0.2, 0.25) is 0 Å². The first kappa shape index (κ1) is 48.4. The molecule has 16 aromatic rings. The summed E-state index contributed by atoms with van der Waals surface area (Å²) in [5, 5.41) is 23.6. The van der Waals surface area contributed by atoms with Crippen LogP contribution >= 0.6 is 0 Å². The van der Waals surface area contributed by atoms with Crippen LogP contribution in [0.1, 0.15) is 35.1 Å². The van der Waals surface area contributed by atoms with Gasteiger partial charge in [0.2, 0.25) is 0 Å². The molecule has 2 nitrogen and oxygen atoms in total. The average Bonchev–Trinajstić information content (AvgIpc) is 1.56. The fourth-order valence-corrected chi connectivity index (χ4v) is 19.6. The molecule has 8 aliphatic rings. The third kappa shape index (κ3) is 5.92. The zero-order valence-electron chi connectivity index (χ0n) is 50.6. The van der Waals surface area contributed by atoms with Crippen LogP contribution in [0.25, 0.3) is 170 Å². The molecule has 0 N–H and O–H groups in total. The van der Waals surface area contributed by atoms with Crippen LogP contribution in [0.5, 0.6) is 0 Å². The lowest BCUT2D eigenvalue weighted by Gasteiger charge is -2.36. The van der Waals surface area contributed by atoms with Gasteiger partial charge in [-0.2, -0.15) is 0 Å². The quantitative estimate of drug-likeness (QED) is 0.123. The first-order valence-electron chi connectivity index (χ1n) is 33.3. The van der Waals surface area contributed by atoms with Gasteiger partial charge >= 0.3 is 0 Å². The summed E-state index contributed by atoms with van der Waals surface area (Å²) in [4.78, 5) is 0. The van der Waals surface area contributed by atoms with E-state index in [-0.39, 0.29) is 12.6 Å². The van der Waals surface area contributed by atoms with E-state index < -0.39 is 0 Å². The van der Waals surface area contributed by atoms with Crippen molar-refractivity contribution in [2.45, 2.75) is 19.3 Å². The highest BCUT2D eigenvalue weighted by molar-refractivity contribution is 7.02. The van der Waals surface area contributed by atoms with Gasteiger partial charge in [-0.1, -0.05) is 218 Å². The zero-order valence-corrected chi connectivity index (χ0v) is 50.6. The van der Waals surface area contributed by atoms with Crippen LogP contribution in [0, 0.1) is 5.92 Å². The molecule has 1 unspecified atom stereocenters. The highest BCUT2D eigenvalue weighted by Gasteiger charge is 2.43. The van der Waals surface area contributed by atoms with Gasteiger partial charge in [0.05, 0.1) is 16.6 Å². The number of benzene rings is 14. The van der Waals surface area contributed by atoms with Gasteiger partial charge in [0.1, 0.15) is 0 Å². The van der Waals surface area contributed by atoms with Gasteiger partial charge in [-0.05, 0) is 243 Å². The maximum Gasteiger partial charge on any atom is 0.253 e. The Labute approximate surface area is 535 Å². The monoisotopic (exact) mass is 1170 g/mol. The summed E-state index contributed by atoms with van der Waals surface area (Å²) in [5.74, 6) is 0.237. The molecule has 0 saturated carbocycles. The average molecular weight is 1170 g/mol. The zero-order chi connectivity index (χ0) is 59.8. The summed E-state index contributed by atoms with van der Waals surface area (Å²) in [5.41, 5.74) is 32.0. The third-order valence-corrected chi connectivity index (χ3v) is 23.3. The predicted molar refractivity (Wildman–Crippen MR) is 395 cm³/mol. The second kappa shape index (κ2) is 16.9. The number of hydrogen-bond donors (Lipinski definition) is 0. The molecule has 0 bridgehead atoms. The van der Waals surface area contributed by atoms with Crippen molar-refractivity contribution >= 4 is 159 Å². The van der Waals surface area contributed by atoms with E-state index in [1.54, 1.807) is 0 Å². The molecular formula is C90H51BN2. The van der Waals surface area contributed by atoms with E-state index >= 15 is 0 Å². The van der Waals surface area contributed by atoms with E-state index in [9.17, 15) is 0 Å². The Hall–Kier alpha value is -11.5. The summed E-state index contributed by atoms with van der Waals surface area (Å²) >= 11 is 0. The van der Waals surface area contributed by atoms with Crippen LogP contribution in [-0.4, -0.2) is 15.8 Å². The van der Waals surface area contributed by atoms with Gasteiger partial charge in [0, 0.05) is 44.4 Å². The third-order valence-electron chi connectivity index (χ3n) is 23.3. The van der Waals surface area contributed by atoms with E-state index in [2.05, 4.69) is 276 Å². The molecule has 24 rings (SSSR count). The largest absolute Gasteiger partial charge is 0.310 e. The maximum atomic E-state index is 2.69. The molecule has 2 aromatic heterocycles. The molecule has 14 aromatic carbocycles. The Balaban J connectivity index is 0.833. The van der Waals surface area contributed by atoms with Crippen LogP contribution < -0.4 is 16.4 Å². The van der Waals surface area contributed by atoms with Gasteiger partial charge in [-0.15, -0.1) is 0 Å². The van der Waals surface area contributed by atoms with Gasteiger partial charge in [-0.3, -0.25) is 0 Å². The number of aromatic nitrogens is 2. The van der Waals surface area contributed by atoms with Crippen molar-refractivity contribution in [3.05, 3.63) is 311 Å². The van der Waals surface area contributed by atoms with Crippen molar-refractivity contribution in [2.24, 2.45) is 5.92 Å². The fraction of sp³-hybridized carbons (Fsp3) is 0.0444. The Bertz CT molecular complexity index is 6730. The Morgan fingerprint density at radius 3 is 1.91 bits per heavy atom. The Morgan fingerprint density at radius 2 is 1.05 bits per heavy atom. The first-order valence-corrected chi connectivity index (χ1v) is 33.3. The topological polar surface area (TPSA) is 9.86 Å². The number of nitrogens with zero attached hydrogens (tertiary/aromatic N) is 2. The van der Waals surface area contributed by atoms with Crippen molar-refractivity contribution in [1.29, 1.82) is 0 Å². The van der Waals surface area contributed by atoms with Crippen molar-refractivity contribution in [2.75, 3.05) is 0 Å². The standard InChI is InChI=1S/C90H51BN2/c1-2-17-65-63(15-1)64-16-3-4-18-66(64)86-72(65)47-74-71-44-58(61-36-28-55-25-22-49-10-6-13-52-31-39-68(61)84(55)81(49)52)34-42-77(71)93-79-20-8-19-78-87(79)91(88(86)90(74)93)75-46-59(62-37-29-56-26-23-50-11-7-14-53-32-40-69(62)85(56)82(50)53)45-73-70-43-57(33-41-76(70)92(78)89(73)75)60-35-27-54-24-21-48-9-5-12-51-30-38-67(60)83(54)80(48)51/h1-8,11-23,25-47,84H,9-10,24H2. The van der Waals surface area contributed by atoms with Crippen LogP contribution in [-0.2, 0) is 6.42 Å². The number of rotatable bonds is 3. The van der Waals surface area contributed by atoms with Gasteiger partial charge in [0.25, 0.3) is 6.71 Å². The summed E-state index contributed by atoms with van der Waals surface area (Å²) in [6.07, 6.45) is 29.1. The molecule has 1 atom stereocenters. The van der Waals surface area contributed by atoms with Crippen LogP contribution in [0.3, 0.4) is 0 Å². The summed E-state index contributed by atoms with van der Waals surface area (Å²) in [6.45, 7) is -0.129. The van der Waals surface area contributed by atoms with Crippen molar-refractivity contribution in [3.8, 4) is 33.6 Å². The van der Waals surface area contributed by atoms with E-state index in [1.165, 1.54) is 230 Å². The molecule has 2 aliphatic heterocycles. The van der Waals surface area contributed by atoms with E-state index in [0.29, 0.717) is 0 Å². The summed E-state index contributed by atoms with van der Waals surface area (Å²) < 4.78 is 5.37. The molecule has 0 spiro atoms. The molecular weight excluding hydrogens is 1120 g/mol. The van der Waals surface area contributed by atoms with Crippen molar-refractivity contribution in [1.82, 2.24) is 9.13 Å². The fourth-order valence-electron chi connectivity index (χ4n) is 19.6. The highest BCUT2D eigenvalue weighted by atomic mass is 15.0. The first-order chi connectivity index (χ1) is 46.1. The number of hydrogen-bond acceptors (Lipinski definition) is 0. The normalized spacial score (nSPS) is 16.9. The number of allylic oxidation sites excluding steroid dienone is 17. The van der Waals surface area contributed by atoms with E-state index in [1.807, 2.05) is 0 Å². The Kier molecular flexibility index (Phi) is 8.78. The minimum atomic E-state index is -0.129. The lowest BCUT2D eigenvalue weighted by Crippen LogP contribution is -2.59. The van der Waals surface area contributed by atoms with Crippen LogP contribution in [0.15, 0.2) is 289 Å². The minimum absolute atomic E-state index is 0.129. The van der Waals surface area contributed by atoms with Crippen molar-refractivity contribution in [3.63, 3.8) is 0 Å². The minimum Gasteiger partial charge on any atom is -0.310 e. The Morgan fingerprint density at radius 1 is 0.387 bits per heavy atom. The highest BCUT2D eigenvalue weighted by Crippen LogP contribution is 2.53. The number of fused-ring (bicyclic) bond motifs is 17.